The van der Waals surface area contributed by atoms with Crippen molar-refractivity contribution in [2.24, 2.45) is 0 Å². The van der Waals surface area contributed by atoms with Crippen LogP contribution in [0.15, 0.2) is 0 Å². The van der Waals surface area contributed by atoms with E-state index >= 15 is 0 Å². The topological polar surface area (TPSA) is 95.9 Å². The number of hydrogen-bond acceptors (Lipinski definition) is 5. The van der Waals surface area contributed by atoms with E-state index in [0.29, 0.717) is 25.9 Å². The summed E-state index contributed by atoms with van der Waals surface area (Å²) in [4.78, 5) is 24.6. The molecule has 0 radical (unpaired) electrons. The summed E-state index contributed by atoms with van der Waals surface area (Å²) in [6.07, 6.45) is 84.6. The quantitative estimate of drug-likeness (QED) is 0.0417. The van der Waals surface area contributed by atoms with E-state index in [4.69, 9.17) is 4.74 Å². The SMILES string of the molecule is CCCCCCCCCCCCCCCCCCC(=O)OCCCCCCCCCCCCCCCCCCCCCCCCCCCCCCCCCC(=O)NC(CO)C(O)CCCCCCCCCCCCCCCCC. The largest absolute Gasteiger partial charge is 0.466 e. The number of ether oxygens (including phenoxy) is 1. The number of carbonyl (C=O) groups is 2. The van der Waals surface area contributed by atoms with Gasteiger partial charge >= 0.3 is 5.97 Å². The van der Waals surface area contributed by atoms with Crippen LogP contribution in [0.25, 0.3) is 0 Å². The Morgan fingerprint density at radius 1 is 0.304 bits per heavy atom. The number of rotatable bonds is 70. The highest BCUT2D eigenvalue weighted by Crippen LogP contribution is 2.20. The first-order chi connectivity index (χ1) is 39.0. The Bertz CT molecular complexity index is 1150. The minimum Gasteiger partial charge on any atom is -0.466 e. The van der Waals surface area contributed by atoms with E-state index in [1.807, 2.05) is 0 Å². The van der Waals surface area contributed by atoms with Gasteiger partial charge in [-0.05, 0) is 25.7 Å². The van der Waals surface area contributed by atoms with Crippen LogP contribution in [-0.4, -0.2) is 47.4 Å². The monoisotopic (exact) mass is 1120 g/mol. The second kappa shape index (κ2) is 69.4. The number of amides is 1. The second-order valence-corrected chi connectivity index (χ2v) is 25.6. The van der Waals surface area contributed by atoms with Crippen LogP contribution < -0.4 is 5.32 Å². The molecule has 472 valence electrons. The lowest BCUT2D eigenvalue weighted by Gasteiger charge is -2.22. The first-order valence-corrected chi connectivity index (χ1v) is 36.8. The molecule has 6 heteroatoms. The summed E-state index contributed by atoms with van der Waals surface area (Å²) in [7, 11) is 0. The predicted molar refractivity (Wildman–Crippen MR) is 347 cm³/mol. The average molecular weight is 1120 g/mol. The number of esters is 1. The van der Waals surface area contributed by atoms with Gasteiger partial charge in [-0.3, -0.25) is 9.59 Å². The van der Waals surface area contributed by atoms with Crippen molar-refractivity contribution in [1.29, 1.82) is 0 Å². The molecule has 6 nitrogen and oxygen atoms in total. The molecule has 0 aromatic rings. The number of hydrogen-bond donors (Lipinski definition) is 3. The Balaban J connectivity index is 3.30. The fraction of sp³-hybridized carbons (Fsp3) is 0.973. The van der Waals surface area contributed by atoms with Crippen molar-refractivity contribution in [3.8, 4) is 0 Å². The molecule has 0 heterocycles. The van der Waals surface area contributed by atoms with Crippen molar-refractivity contribution in [3.63, 3.8) is 0 Å². The van der Waals surface area contributed by atoms with Gasteiger partial charge in [-0.2, -0.15) is 0 Å². The molecule has 2 unspecified atom stereocenters. The van der Waals surface area contributed by atoms with Crippen LogP contribution in [-0.2, 0) is 14.3 Å². The third kappa shape index (κ3) is 65.9. The fourth-order valence-electron chi connectivity index (χ4n) is 12.1. The second-order valence-electron chi connectivity index (χ2n) is 25.6. The van der Waals surface area contributed by atoms with Crippen molar-refractivity contribution >= 4 is 11.9 Å². The van der Waals surface area contributed by atoms with Gasteiger partial charge in [0.05, 0.1) is 25.4 Å². The van der Waals surface area contributed by atoms with E-state index < -0.39 is 12.1 Å². The zero-order valence-electron chi connectivity index (χ0n) is 54.2. The highest BCUT2D eigenvalue weighted by atomic mass is 16.5. The van der Waals surface area contributed by atoms with E-state index in [1.165, 1.54) is 360 Å². The number of aliphatic hydroxyl groups excluding tert-OH is 2. The molecule has 0 aromatic carbocycles. The van der Waals surface area contributed by atoms with E-state index in [1.54, 1.807) is 0 Å². The maximum absolute atomic E-state index is 12.5. The zero-order valence-corrected chi connectivity index (χ0v) is 54.2. The summed E-state index contributed by atoms with van der Waals surface area (Å²) < 4.78 is 5.51. The average Bonchev–Trinajstić information content (AvgIpc) is 3.45. The zero-order chi connectivity index (χ0) is 57.1. The summed E-state index contributed by atoms with van der Waals surface area (Å²) >= 11 is 0. The fourth-order valence-corrected chi connectivity index (χ4v) is 12.1. The third-order valence-corrected chi connectivity index (χ3v) is 17.7. The van der Waals surface area contributed by atoms with Crippen LogP contribution in [0, 0.1) is 0 Å². The molecule has 0 saturated heterocycles. The lowest BCUT2D eigenvalue weighted by molar-refractivity contribution is -0.143. The van der Waals surface area contributed by atoms with Gasteiger partial charge in [-0.15, -0.1) is 0 Å². The lowest BCUT2D eigenvalue weighted by atomic mass is 10.0. The minimum atomic E-state index is -0.660. The molecule has 0 aliphatic carbocycles. The van der Waals surface area contributed by atoms with Gasteiger partial charge in [0.1, 0.15) is 0 Å². The molecule has 2 atom stereocenters. The van der Waals surface area contributed by atoms with Crippen LogP contribution in [0.1, 0.15) is 431 Å². The Labute approximate surface area is 496 Å². The molecule has 0 bridgehead atoms. The number of carbonyl (C=O) groups excluding carboxylic acids is 2. The standard InChI is InChI=1S/C73H145NO5/c1-3-5-7-9-11-13-15-17-19-39-43-47-51-55-59-63-67-73(78)79-68-64-60-56-52-48-44-40-36-34-32-30-28-26-24-22-20-21-23-25-27-29-31-33-35-38-42-46-50-54-58-62-66-72(77)74-70(69-75)71(76)65-61-57-53-49-45-41-37-18-16-14-12-10-8-6-4-2/h70-71,75-76H,3-69H2,1-2H3,(H,74,77). The number of aliphatic hydroxyl groups is 2. The van der Waals surface area contributed by atoms with E-state index in [2.05, 4.69) is 19.2 Å². The molecule has 0 fully saturated rings. The van der Waals surface area contributed by atoms with Crippen molar-refractivity contribution in [2.45, 2.75) is 443 Å². The molecule has 0 spiro atoms. The lowest BCUT2D eigenvalue weighted by Crippen LogP contribution is -2.45. The molecule has 3 N–H and O–H groups in total. The summed E-state index contributed by atoms with van der Waals surface area (Å²) in [5.41, 5.74) is 0. The number of unbranched alkanes of at least 4 members (excludes halogenated alkanes) is 59. The van der Waals surface area contributed by atoms with Crippen LogP contribution >= 0.6 is 0 Å². The van der Waals surface area contributed by atoms with Gasteiger partial charge in [-0.25, -0.2) is 0 Å². The first-order valence-electron chi connectivity index (χ1n) is 36.8. The van der Waals surface area contributed by atoms with Crippen LogP contribution in [0.5, 0.6) is 0 Å². The van der Waals surface area contributed by atoms with Crippen molar-refractivity contribution < 1.29 is 24.5 Å². The molecule has 0 aromatic heterocycles. The minimum absolute atomic E-state index is 0.0254. The van der Waals surface area contributed by atoms with Crippen LogP contribution in [0.2, 0.25) is 0 Å². The Hall–Kier alpha value is -1.14. The van der Waals surface area contributed by atoms with Gasteiger partial charge in [0.25, 0.3) is 0 Å². The van der Waals surface area contributed by atoms with Gasteiger partial charge < -0.3 is 20.3 Å². The molecule has 0 aliphatic rings. The molecule has 1 amide bonds. The van der Waals surface area contributed by atoms with Crippen molar-refractivity contribution in [2.75, 3.05) is 13.2 Å². The molecule has 0 rings (SSSR count). The summed E-state index contributed by atoms with van der Waals surface area (Å²) in [6, 6.07) is -0.537. The maximum Gasteiger partial charge on any atom is 0.305 e. The van der Waals surface area contributed by atoms with Crippen molar-refractivity contribution in [1.82, 2.24) is 5.32 Å². The maximum atomic E-state index is 12.5. The summed E-state index contributed by atoms with van der Waals surface area (Å²) in [5, 5.41) is 23.3. The number of nitrogens with one attached hydrogen (secondary N) is 1. The molecule has 0 aliphatic heterocycles. The Morgan fingerprint density at radius 2 is 0.519 bits per heavy atom. The first kappa shape index (κ1) is 77.9. The van der Waals surface area contributed by atoms with Gasteiger partial charge in [0.15, 0.2) is 0 Å². The normalized spacial score (nSPS) is 12.4. The smallest absolute Gasteiger partial charge is 0.305 e. The van der Waals surface area contributed by atoms with Gasteiger partial charge in [0.2, 0.25) is 5.91 Å². The van der Waals surface area contributed by atoms with Crippen LogP contribution in [0.4, 0.5) is 0 Å². The predicted octanol–water partition coefficient (Wildman–Crippen LogP) is 23.8. The summed E-state index contributed by atoms with van der Waals surface area (Å²) in [6.45, 7) is 5.01. The highest BCUT2D eigenvalue weighted by Gasteiger charge is 2.20. The molecular weight excluding hydrogens is 971 g/mol. The summed E-state index contributed by atoms with van der Waals surface area (Å²) in [5.74, 6) is -0.00134. The Morgan fingerprint density at radius 3 is 0.772 bits per heavy atom. The van der Waals surface area contributed by atoms with Gasteiger partial charge in [-0.1, -0.05) is 393 Å². The van der Waals surface area contributed by atoms with Crippen LogP contribution in [0.3, 0.4) is 0 Å². The highest BCUT2D eigenvalue weighted by molar-refractivity contribution is 5.76. The molecular formula is C73H145NO5. The third-order valence-electron chi connectivity index (χ3n) is 17.7. The van der Waals surface area contributed by atoms with E-state index in [9.17, 15) is 19.8 Å². The van der Waals surface area contributed by atoms with Crippen molar-refractivity contribution in [3.05, 3.63) is 0 Å². The van der Waals surface area contributed by atoms with E-state index in [-0.39, 0.29) is 18.5 Å². The Kier molecular flexibility index (Phi) is 68.4. The van der Waals surface area contributed by atoms with Gasteiger partial charge in [0, 0.05) is 12.8 Å². The molecule has 79 heavy (non-hydrogen) atoms. The molecule has 0 saturated carbocycles. The van der Waals surface area contributed by atoms with E-state index in [0.717, 1.165) is 38.5 Å².